The molecule has 1 aromatic rings. The van der Waals surface area contributed by atoms with Gasteiger partial charge in [-0.2, -0.15) is 0 Å². The highest BCUT2D eigenvalue weighted by Gasteiger charge is 2.40. The molecule has 4 heteroatoms. The Bertz CT molecular complexity index is 464. The highest BCUT2D eigenvalue weighted by molar-refractivity contribution is 5.83. The molecule has 1 fully saturated rings. The highest BCUT2D eigenvalue weighted by Crippen LogP contribution is 2.37. The van der Waals surface area contributed by atoms with Crippen molar-refractivity contribution in [2.24, 2.45) is 11.1 Å². The normalized spacial score (nSPS) is 18.2. The molecular weight excluding hydrogens is 264 g/mol. The first kappa shape index (κ1) is 15.8. The van der Waals surface area contributed by atoms with Gasteiger partial charge in [0.2, 0.25) is 5.91 Å². The SMILES string of the molecule is Cc1ccc(OCC(C)NC(=O)C2(CN)CCCC2)cc1. The van der Waals surface area contributed by atoms with Gasteiger partial charge in [-0.15, -0.1) is 0 Å². The average molecular weight is 290 g/mol. The molecule has 0 spiro atoms. The van der Waals surface area contributed by atoms with Crippen LogP contribution in [0.5, 0.6) is 5.75 Å². The van der Waals surface area contributed by atoms with Gasteiger partial charge in [-0.05, 0) is 38.8 Å². The third-order valence-electron chi connectivity index (χ3n) is 4.33. The molecule has 116 valence electrons. The minimum Gasteiger partial charge on any atom is -0.491 e. The summed E-state index contributed by atoms with van der Waals surface area (Å²) in [5, 5.41) is 3.05. The second-order valence-corrected chi connectivity index (χ2v) is 6.19. The van der Waals surface area contributed by atoms with Crippen LogP contribution in [-0.2, 0) is 4.79 Å². The second-order valence-electron chi connectivity index (χ2n) is 6.19. The molecule has 1 amide bonds. The van der Waals surface area contributed by atoms with Crippen LogP contribution in [0.25, 0.3) is 0 Å². The van der Waals surface area contributed by atoms with E-state index in [9.17, 15) is 4.79 Å². The van der Waals surface area contributed by atoms with E-state index in [4.69, 9.17) is 10.5 Å². The molecule has 1 saturated carbocycles. The molecule has 2 rings (SSSR count). The zero-order chi connectivity index (χ0) is 15.3. The van der Waals surface area contributed by atoms with Crippen molar-refractivity contribution in [1.82, 2.24) is 5.32 Å². The maximum Gasteiger partial charge on any atom is 0.227 e. The second kappa shape index (κ2) is 6.94. The topological polar surface area (TPSA) is 64.3 Å². The fourth-order valence-corrected chi connectivity index (χ4v) is 2.85. The van der Waals surface area contributed by atoms with E-state index < -0.39 is 0 Å². The minimum atomic E-state index is -0.349. The molecule has 4 nitrogen and oxygen atoms in total. The fourth-order valence-electron chi connectivity index (χ4n) is 2.85. The molecule has 1 atom stereocenters. The van der Waals surface area contributed by atoms with Crippen molar-refractivity contribution in [3.8, 4) is 5.75 Å². The van der Waals surface area contributed by atoms with Crippen LogP contribution in [-0.4, -0.2) is 25.1 Å². The van der Waals surface area contributed by atoms with E-state index >= 15 is 0 Å². The largest absolute Gasteiger partial charge is 0.491 e. The number of hydrogen-bond donors (Lipinski definition) is 2. The number of rotatable bonds is 6. The van der Waals surface area contributed by atoms with Crippen molar-refractivity contribution >= 4 is 5.91 Å². The summed E-state index contributed by atoms with van der Waals surface area (Å²) in [5.41, 5.74) is 6.69. The average Bonchev–Trinajstić information content (AvgIpc) is 2.97. The molecule has 0 aliphatic heterocycles. The Morgan fingerprint density at radius 2 is 1.95 bits per heavy atom. The summed E-state index contributed by atoms with van der Waals surface area (Å²) >= 11 is 0. The van der Waals surface area contributed by atoms with Crippen LogP contribution >= 0.6 is 0 Å². The Balaban J connectivity index is 1.82. The van der Waals surface area contributed by atoms with E-state index in [1.54, 1.807) is 0 Å². The van der Waals surface area contributed by atoms with Crippen LogP contribution < -0.4 is 15.8 Å². The number of nitrogens with two attached hydrogens (primary N) is 1. The summed E-state index contributed by atoms with van der Waals surface area (Å²) in [7, 11) is 0. The van der Waals surface area contributed by atoms with Gasteiger partial charge in [0.05, 0.1) is 11.5 Å². The third-order valence-corrected chi connectivity index (χ3v) is 4.33. The summed E-state index contributed by atoms with van der Waals surface area (Å²) in [6, 6.07) is 7.90. The zero-order valence-electron chi connectivity index (χ0n) is 13.0. The van der Waals surface area contributed by atoms with Crippen molar-refractivity contribution in [1.29, 1.82) is 0 Å². The van der Waals surface area contributed by atoms with Crippen LogP contribution in [0.4, 0.5) is 0 Å². The van der Waals surface area contributed by atoms with Crippen LogP contribution in [0.15, 0.2) is 24.3 Å². The smallest absolute Gasteiger partial charge is 0.227 e. The first-order valence-corrected chi connectivity index (χ1v) is 7.76. The van der Waals surface area contributed by atoms with Crippen molar-refractivity contribution in [2.75, 3.05) is 13.2 Å². The molecule has 21 heavy (non-hydrogen) atoms. The molecule has 3 N–H and O–H groups in total. The van der Waals surface area contributed by atoms with E-state index in [2.05, 4.69) is 5.32 Å². The van der Waals surface area contributed by atoms with Gasteiger partial charge >= 0.3 is 0 Å². The van der Waals surface area contributed by atoms with E-state index in [0.717, 1.165) is 31.4 Å². The van der Waals surface area contributed by atoms with Gasteiger partial charge in [0.1, 0.15) is 12.4 Å². The van der Waals surface area contributed by atoms with Crippen molar-refractivity contribution in [2.45, 2.75) is 45.6 Å². The molecule has 1 aliphatic carbocycles. The number of ether oxygens (including phenoxy) is 1. The van der Waals surface area contributed by atoms with Crippen molar-refractivity contribution in [3.63, 3.8) is 0 Å². The predicted octanol–water partition coefficient (Wildman–Crippen LogP) is 2.40. The maximum atomic E-state index is 12.4. The van der Waals surface area contributed by atoms with Gasteiger partial charge < -0.3 is 15.8 Å². The van der Waals surface area contributed by atoms with Crippen molar-refractivity contribution in [3.05, 3.63) is 29.8 Å². The number of carbonyl (C=O) groups is 1. The highest BCUT2D eigenvalue weighted by atomic mass is 16.5. The third kappa shape index (κ3) is 3.97. The molecule has 0 heterocycles. The molecule has 0 aromatic heterocycles. The molecular formula is C17H26N2O2. The fraction of sp³-hybridized carbons (Fsp3) is 0.588. The van der Waals surface area contributed by atoms with Gasteiger partial charge in [-0.25, -0.2) is 0 Å². The first-order valence-electron chi connectivity index (χ1n) is 7.76. The van der Waals surface area contributed by atoms with Crippen molar-refractivity contribution < 1.29 is 9.53 Å². The monoisotopic (exact) mass is 290 g/mol. The molecule has 1 unspecified atom stereocenters. The maximum absolute atomic E-state index is 12.4. The van der Waals surface area contributed by atoms with Crippen LogP contribution in [0.2, 0.25) is 0 Å². The number of hydrogen-bond acceptors (Lipinski definition) is 3. The van der Waals surface area contributed by atoms with Gasteiger partial charge in [-0.1, -0.05) is 30.5 Å². The Hall–Kier alpha value is -1.55. The summed E-state index contributed by atoms with van der Waals surface area (Å²) < 4.78 is 5.71. The molecule has 0 bridgehead atoms. The lowest BCUT2D eigenvalue weighted by Crippen LogP contribution is -2.48. The summed E-state index contributed by atoms with van der Waals surface area (Å²) in [6.45, 7) is 4.91. The molecule has 1 aliphatic rings. The first-order chi connectivity index (χ1) is 10.1. The van der Waals surface area contributed by atoms with Gasteiger partial charge in [0.15, 0.2) is 0 Å². The van der Waals surface area contributed by atoms with Crippen LogP contribution in [0, 0.1) is 12.3 Å². The Morgan fingerprint density at radius 1 is 1.33 bits per heavy atom. The van der Waals surface area contributed by atoms with E-state index in [0.29, 0.717) is 13.2 Å². The van der Waals surface area contributed by atoms with E-state index in [-0.39, 0.29) is 17.4 Å². The van der Waals surface area contributed by atoms with Gasteiger partial charge in [0.25, 0.3) is 0 Å². The number of benzene rings is 1. The number of amides is 1. The zero-order valence-corrected chi connectivity index (χ0v) is 13.0. The molecule has 0 radical (unpaired) electrons. The Kier molecular flexibility index (Phi) is 5.23. The molecule has 0 saturated heterocycles. The summed E-state index contributed by atoms with van der Waals surface area (Å²) in [6.07, 6.45) is 4.00. The number of nitrogens with one attached hydrogen (secondary N) is 1. The number of carbonyl (C=O) groups excluding carboxylic acids is 1. The predicted molar refractivity (Wildman–Crippen MR) is 84.2 cm³/mol. The quantitative estimate of drug-likeness (QED) is 0.845. The van der Waals surface area contributed by atoms with E-state index in [1.165, 1.54) is 5.56 Å². The summed E-state index contributed by atoms with van der Waals surface area (Å²) in [5.74, 6) is 0.915. The standard InChI is InChI=1S/C17H26N2O2/c1-13-5-7-15(8-6-13)21-11-14(2)19-16(20)17(12-18)9-3-4-10-17/h5-8,14H,3-4,9-12,18H2,1-2H3,(H,19,20). The minimum absolute atomic E-state index is 0.0252. The Labute approximate surface area is 127 Å². The lowest BCUT2D eigenvalue weighted by molar-refractivity contribution is -0.131. The van der Waals surface area contributed by atoms with Crippen LogP contribution in [0.1, 0.15) is 38.2 Å². The van der Waals surface area contributed by atoms with Crippen LogP contribution in [0.3, 0.4) is 0 Å². The molecule has 1 aromatic carbocycles. The van der Waals surface area contributed by atoms with Gasteiger partial charge in [0, 0.05) is 6.54 Å². The Morgan fingerprint density at radius 3 is 2.52 bits per heavy atom. The van der Waals surface area contributed by atoms with Gasteiger partial charge in [-0.3, -0.25) is 4.79 Å². The summed E-state index contributed by atoms with van der Waals surface area (Å²) in [4.78, 5) is 12.4. The number of aryl methyl sites for hydroxylation is 1. The lowest BCUT2D eigenvalue weighted by atomic mass is 9.85. The van der Waals surface area contributed by atoms with E-state index in [1.807, 2.05) is 38.1 Å². The lowest BCUT2D eigenvalue weighted by Gasteiger charge is -2.27.